The highest BCUT2D eigenvalue weighted by molar-refractivity contribution is 7.98. The van der Waals surface area contributed by atoms with Crippen LogP contribution in [-0.2, 0) is 9.53 Å². The number of thioether (sulfide) groups is 1. The van der Waals surface area contributed by atoms with Crippen LogP contribution in [0.15, 0.2) is 58.2 Å². The average molecular weight is 520 g/mol. The molecule has 192 valence electrons. The highest BCUT2D eigenvalue weighted by Gasteiger charge is 2.36. The number of benzene rings is 1. The fourth-order valence-corrected chi connectivity index (χ4v) is 4.77. The van der Waals surface area contributed by atoms with E-state index >= 15 is 0 Å². The molecule has 0 aromatic heterocycles. The van der Waals surface area contributed by atoms with Crippen molar-refractivity contribution in [3.63, 3.8) is 0 Å². The molecule has 1 amide bonds. The van der Waals surface area contributed by atoms with Crippen LogP contribution in [0.1, 0.15) is 57.2 Å². The molecule has 2 aliphatic rings. The maximum absolute atomic E-state index is 13.2. The van der Waals surface area contributed by atoms with Crippen LogP contribution >= 0.6 is 11.8 Å². The number of carbonyl (C=O) groups excluding carboxylic acids is 2. The van der Waals surface area contributed by atoms with E-state index in [-0.39, 0.29) is 17.8 Å². The minimum absolute atomic E-state index is 0.160. The normalized spacial score (nSPS) is 19.0. The molecule has 2 N–H and O–H groups in total. The van der Waals surface area contributed by atoms with Crippen LogP contribution in [0.25, 0.3) is 0 Å². The Hall–Kier alpha value is -3.19. The van der Waals surface area contributed by atoms with Crippen molar-refractivity contribution in [2.24, 2.45) is 0 Å². The number of allylic oxidation sites excluding steroid dienone is 3. The molecule has 0 bridgehead atoms. The molecule has 2 unspecified atom stereocenters. The number of Topliss-reactive ketones (excluding diaryl/α,β-unsaturated/α-hetero) is 1. The van der Waals surface area contributed by atoms with Gasteiger partial charge in [-0.2, -0.15) is 18.4 Å². The first-order chi connectivity index (χ1) is 16.8. The SMILES string of the molecule is CSc1cc(C#N)ccc1C(NC(=O)OC(C)(C)C)C1=C(NC2C=C(C(F)(F)F)C=CC2)CCC1=O. The summed E-state index contributed by atoms with van der Waals surface area (Å²) in [6, 6.07) is 5.43. The molecule has 1 aromatic rings. The van der Waals surface area contributed by atoms with Gasteiger partial charge in [0.2, 0.25) is 0 Å². The molecule has 6 nitrogen and oxygen atoms in total. The lowest BCUT2D eigenvalue weighted by Crippen LogP contribution is -2.38. The molecule has 0 fully saturated rings. The number of nitrogens with one attached hydrogen (secondary N) is 2. The summed E-state index contributed by atoms with van der Waals surface area (Å²) >= 11 is 1.35. The number of carbonyl (C=O) groups is 2. The predicted molar refractivity (Wildman–Crippen MR) is 131 cm³/mol. The second-order valence-corrected chi connectivity index (χ2v) is 10.3. The van der Waals surface area contributed by atoms with Crippen LogP contribution in [0.3, 0.4) is 0 Å². The molecule has 0 heterocycles. The first-order valence-electron chi connectivity index (χ1n) is 11.4. The second kappa shape index (κ2) is 10.8. The second-order valence-electron chi connectivity index (χ2n) is 9.47. The van der Waals surface area contributed by atoms with Gasteiger partial charge in [0.25, 0.3) is 0 Å². The van der Waals surface area contributed by atoms with E-state index in [4.69, 9.17) is 4.74 Å². The number of ether oxygens (including phenoxy) is 1. The van der Waals surface area contributed by atoms with Crippen molar-refractivity contribution in [1.82, 2.24) is 10.6 Å². The molecular formula is C26H28F3N3O3S. The highest BCUT2D eigenvalue weighted by atomic mass is 32.2. The zero-order chi connectivity index (χ0) is 26.7. The fraction of sp³-hybridized carbons (Fsp3) is 0.423. The largest absolute Gasteiger partial charge is 0.444 e. The molecule has 36 heavy (non-hydrogen) atoms. The molecule has 0 radical (unpaired) electrons. The van der Waals surface area contributed by atoms with Gasteiger partial charge in [-0.05, 0) is 63.6 Å². The average Bonchev–Trinajstić information content (AvgIpc) is 3.15. The number of rotatable bonds is 6. The summed E-state index contributed by atoms with van der Waals surface area (Å²) in [5, 5.41) is 15.2. The van der Waals surface area contributed by atoms with Gasteiger partial charge in [-0.1, -0.05) is 18.2 Å². The van der Waals surface area contributed by atoms with Gasteiger partial charge in [-0.3, -0.25) is 4.79 Å². The third kappa shape index (κ3) is 6.72. The standard InChI is InChI=1S/C26H28F3N3O3S/c1-25(2,3)35-24(34)32-23(18-9-8-15(14-30)12-21(18)36-4)22-19(10-11-20(22)33)31-17-7-5-6-16(13-17)26(27,28)29/h5-6,8-9,12-13,17,23,31H,7,10-11H2,1-4H3,(H,32,34). The predicted octanol–water partition coefficient (Wildman–Crippen LogP) is 5.87. The zero-order valence-electron chi connectivity index (χ0n) is 20.5. The quantitative estimate of drug-likeness (QED) is 0.457. The fourth-order valence-electron chi connectivity index (χ4n) is 4.11. The van der Waals surface area contributed by atoms with Crippen LogP contribution in [0.2, 0.25) is 0 Å². The summed E-state index contributed by atoms with van der Waals surface area (Å²) in [4.78, 5) is 26.6. The number of nitrogens with zero attached hydrogens (tertiary/aromatic N) is 1. The molecule has 0 saturated carbocycles. The van der Waals surface area contributed by atoms with Crippen molar-refractivity contribution in [1.29, 1.82) is 5.26 Å². The van der Waals surface area contributed by atoms with Crippen molar-refractivity contribution in [2.75, 3.05) is 6.26 Å². The van der Waals surface area contributed by atoms with Crippen molar-refractivity contribution in [3.05, 3.63) is 64.4 Å². The van der Waals surface area contributed by atoms with Crippen LogP contribution in [0.5, 0.6) is 0 Å². The van der Waals surface area contributed by atoms with E-state index in [1.165, 1.54) is 17.8 Å². The zero-order valence-corrected chi connectivity index (χ0v) is 21.3. The number of alkyl halides is 3. The number of amides is 1. The molecule has 2 aliphatic carbocycles. The molecule has 3 rings (SSSR count). The van der Waals surface area contributed by atoms with E-state index in [0.717, 1.165) is 12.2 Å². The minimum atomic E-state index is -4.48. The lowest BCUT2D eigenvalue weighted by molar-refractivity contribution is -0.115. The number of hydrogen-bond donors (Lipinski definition) is 2. The third-order valence-corrected chi connectivity index (χ3v) is 6.40. The van der Waals surface area contributed by atoms with Crippen molar-refractivity contribution in [2.45, 2.75) is 68.8 Å². The summed E-state index contributed by atoms with van der Waals surface area (Å²) in [7, 11) is 0. The van der Waals surface area contributed by atoms with Crippen molar-refractivity contribution >= 4 is 23.6 Å². The van der Waals surface area contributed by atoms with E-state index in [1.54, 1.807) is 39.0 Å². The number of halogens is 3. The lowest BCUT2D eigenvalue weighted by atomic mass is 9.95. The maximum Gasteiger partial charge on any atom is 0.416 e. The summed E-state index contributed by atoms with van der Waals surface area (Å²) in [5.41, 5.74) is 0.227. The van der Waals surface area contributed by atoms with Crippen LogP contribution < -0.4 is 10.6 Å². The van der Waals surface area contributed by atoms with E-state index in [1.807, 2.05) is 6.26 Å². The van der Waals surface area contributed by atoms with Gasteiger partial charge in [0.05, 0.1) is 23.2 Å². The molecule has 0 spiro atoms. The number of alkyl carbamates (subject to hydrolysis) is 1. The van der Waals surface area contributed by atoms with Gasteiger partial charge in [0.15, 0.2) is 5.78 Å². The molecule has 0 saturated heterocycles. The Bertz CT molecular complexity index is 1170. The molecular weight excluding hydrogens is 491 g/mol. The smallest absolute Gasteiger partial charge is 0.416 e. The molecule has 2 atom stereocenters. The summed E-state index contributed by atoms with van der Waals surface area (Å²) < 4.78 is 45.2. The van der Waals surface area contributed by atoms with E-state index in [9.17, 15) is 28.0 Å². The Labute approximate surface area is 212 Å². The Balaban J connectivity index is 2.05. The van der Waals surface area contributed by atoms with Crippen LogP contribution in [0.4, 0.5) is 18.0 Å². The van der Waals surface area contributed by atoms with Crippen molar-refractivity contribution in [3.8, 4) is 6.07 Å². The Morgan fingerprint density at radius 1 is 1.25 bits per heavy atom. The Morgan fingerprint density at radius 2 is 1.97 bits per heavy atom. The topological polar surface area (TPSA) is 91.2 Å². The molecule has 0 aliphatic heterocycles. The Kier molecular flexibility index (Phi) is 8.24. The van der Waals surface area contributed by atoms with Gasteiger partial charge in [-0.25, -0.2) is 4.79 Å². The van der Waals surface area contributed by atoms with E-state index in [2.05, 4.69) is 16.7 Å². The first-order valence-corrected chi connectivity index (χ1v) is 12.6. The summed E-state index contributed by atoms with van der Waals surface area (Å²) in [6.07, 6.45) is 0.981. The molecule has 10 heteroatoms. The number of nitriles is 1. The maximum atomic E-state index is 13.2. The highest BCUT2D eigenvalue weighted by Crippen LogP contribution is 2.38. The van der Waals surface area contributed by atoms with E-state index < -0.39 is 35.5 Å². The van der Waals surface area contributed by atoms with Gasteiger partial charge in [0.1, 0.15) is 5.60 Å². The van der Waals surface area contributed by atoms with Crippen LogP contribution in [-0.4, -0.2) is 36.0 Å². The molecule has 1 aromatic carbocycles. The van der Waals surface area contributed by atoms with Crippen molar-refractivity contribution < 1.29 is 27.5 Å². The minimum Gasteiger partial charge on any atom is -0.444 e. The van der Waals surface area contributed by atoms with Gasteiger partial charge in [-0.15, -0.1) is 11.8 Å². The number of hydrogen-bond acceptors (Lipinski definition) is 6. The first kappa shape index (κ1) is 27.4. The monoisotopic (exact) mass is 519 g/mol. The van der Waals surface area contributed by atoms with Gasteiger partial charge in [0, 0.05) is 28.6 Å². The summed E-state index contributed by atoms with van der Waals surface area (Å²) in [6.45, 7) is 5.14. The van der Waals surface area contributed by atoms with Gasteiger partial charge >= 0.3 is 12.3 Å². The Morgan fingerprint density at radius 3 is 2.58 bits per heavy atom. The third-order valence-electron chi connectivity index (χ3n) is 5.61. The lowest BCUT2D eigenvalue weighted by Gasteiger charge is -2.27. The summed E-state index contributed by atoms with van der Waals surface area (Å²) in [5.74, 6) is -0.221. The van der Waals surface area contributed by atoms with E-state index in [0.29, 0.717) is 34.6 Å². The van der Waals surface area contributed by atoms with Crippen LogP contribution in [0, 0.1) is 11.3 Å². The van der Waals surface area contributed by atoms with Gasteiger partial charge < -0.3 is 15.4 Å². The number of ketones is 1.